The molecule has 2 atom stereocenters. The van der Waals surface area contributed by atoms with Crippen molar-refractivity contribution in [3.05, 3.63) is 34.4 Å². The van der Waals surface area contributed by atoms with Gasteiger partial charge in [-0.25, -0.2) is 22.1 Å². The van der Waals surface area contributed by atoms with E-state index in [1.165, 1.54) is 0 Å². The number of benzene rings is 1. The largest absolute Gasteiger partial charge is 0.374 e. The fourth-order valence-electron chi connectivity index (χ4n) is 1.95. The maximum atomic E-state index is 14.8. The van der Waals surface area contributed by atoms with Crippen molar-refractivity contribution < 1.29 is 22.1 Å². The van der Waals surface area contributed by atoms with Crippen LogP contribution in [-0.4, -0.2) is 27.8 Å². The highest BCUT2D eigenvalue weighted by atomic mass is 35.5. The minimum atomic E-state index is -1.96. The van der Waals surface area contributed by atoms with Gasteiger partial charge >= 0.3 is 0 Å². The zero-order chi connectivity index (χ0) is 16.7. The summed E-state index contributed by atoms with van der Waals surface area (Å²) in [5.41, 5.74) is -2.22. The number of halogens is 4. The van der Waals surface area contributed by atoms with E-state index in [1.54, 1.807) is 20.8 Å². The Hall–Kier alpha value is -0.630. The molecule has 0 unspecified atom stereocenters. The number of nitrogens with one attached hydrogen (secondary N) is 1. The summed E-state index contributed by atoms with van der Waals surface area (Å²) in [6, 6.07) is 0.312. The molecule has 1 aliphatic heterocycles. The van der Waals surface area contributed by atoms with E-state index in [2.05, 4.69) is 4.72 Å². The Kier molecular flexibility index (Phi) is 4.92. The van der Waals surface area contributed by atoms with Crippen molar-refractivity contribution in [3.8, 4) is 0 Å². The van der Waals surface area contributed by atoms with E-state index >= 15 is 0 Å². The predicted molar refractivity (Wildman–Crippen MR) is 79.8 cm³/mol. The number of alkyl halides is 1. The summed E-state index contributed by atoms with van der Waals surface area (Å²) in [6.07, 6.45) is 0. The van der Waals surface area contributed by atoms with E-state index in [-0.39, 0.29) is 18.8 Å². The molecule has 1 heterocycles. The van der Waals surface area contributed by atoms with Gasteiger partial charge < -0.3 is 4.74 Å². The predicted octanol–water partition coefficient (Wildman–Crippen LogP) is 3.45. The molecule has 0 bridgehead atoms. The molecule has 0 aromatic heterocycles. The van der Waals surface area contributed by atoms with Crippen molar-refractivity contribution in [2.45, 2.75) is 37.2 Å². The summed E-state index contributed by atoms with van der Waals surface area (Å²) in [5, 5.41) is -0.394. The first kappa shape index (κ1) is 17.7. The summed E-state index contributed by atoms with van der Waals surface area (Å²) in [4.78, 5) is 0. The van der Waals surface area contributed by atoms with Crippen LogP contribution in [0.2, 0.25) is 5.02 Å². The Morgan fingerprint density at radius 2 is 1.91 bits per heavy atom. The molecule has 0 saturated carbocycles. The molecule has 1 fully saturated rings. The third kappa shape index (κ3) is 3.48. The minimum Gasteiger partial charge on any atom is -0.374 e. The maximum Gasteiger partial charge on any atom is 0.177 e. The number of hydrogen-bond acceptors (Lipinski definition) is 2. The van der Waals surface area contributed by atoms with Crippen molar-refractivity contribution in [2.75, 3.05) is 13.2 Å². The van der Waals surface area contributed by atoms with E-state index in [0.717, 1.165) is 12.1 Å². The minimum absolute atomic E-state index is 0.259. The zero-order valence-electron chi connectivity index (χ0n) is 12.4. The standard InChI is InChI=1S/C14H17ClF3NO2S/c1-13(2,3)22(20)19-12(14(18)6-21-7-14)8-4-11(17)9(15)5-10(8)16/h4-5,12,19H,6-7H2,1-3H3/t12-,22-/m0/s1. The summed E-state index contributed by atoms with van der Waals surface area (Å²) in [7, 11) is -1.67. The molecule has 0 radical (unpaired) electrons. The number of ether oxygens (including phenoxy) is 1. The lowest BCUT2D eigenvalue weighted by Gasteiger charge is -2.41. The van der Waals surface area contributed by atoms with Gasteiger partial charge in [-0.1, -0.05) is 11.6 Å². The second-order valence-electron chi connectivity index (χ2n) is 6.25. The first-order valence-electron chi connectivity index (χ1n) is 6.64. The van der Waals surface area contributed by atoms with Crippen LogP contribution in [0, 0.1) is 11.6 Å². The number of rotatable bonds is 4. The van der Waals surface area contributed by atoms with Crippen LogP contribution >= 0.6 is 11.6 Å². The van der Waals surface area contributed by atoms with Gasteiger partial charge in [-0.3, -0.25) is 0 Å². The second kappa shape index (κ2) is 6.11. The highest BCUT2D eigenvalue weighted by Crippen LogP contribution is 2.39. The molecule has 22 heavy (non-hydrogen) atoms. The molecular formula is C14H17ClF3NO2S. The van der Waals surface area contributed by atoms with Crippen molar-refractivity contribution in [2.24, 2.45) is 0 Å². The highest BCUT2D eigenvalue weighted by molar-refractivity contribution is 7.84. The van der Waals surface area contributed by atoms with E-state index in [0.29, 0.717) is 0 Å². The van der Waals surface area contributed by atoms with Crippen molar-refractivity contribution >= 4 is 22.6 Å². The first-order chi connectivity index (χ1) is 10.0. The Morgan fingerprint density at radius 3 is 2.36 bits per heavy atom. The smallest absolute Gasteiger partial charge is 0.177 e. The summed E-state index contributed by atoms with van der Waals surface area (Å²) < 4.78 is 61.5. The third-order valence-corrected chi connectivity index (χ3v) is 5.18. The monoisotopic (exact) mass is 355 g/mol. The van der Waals surface area contributed by atoms with Crippen LogP contribution in [0.5, 0.6) is 0 Å². The molecular weight excluding hydrogens is 339 g/mol. The lowest BCUT2D eigenvalue weighted by atomic mass is 9.89. The lowest BCUT2D eigenvalue weighted by Crippen LogP contribution is -2.56. The lowest BCUT2D eigenvalue weighted by molar-refractivity contribution is -0.145. The van der Waals surface area contributed by atoms with Gasteiger partial charge in [0.2, 0.25) is 0 Å². The SMILES string of the molecule is CC(C)(C)[S@](=O)N[C@@H](c1cc(F)c(Cl)cc1F)C1(F)COC1. The fourth-order valence-corrected chi connectivity index (χ4v) is 3.01. The van der Waals surface area contributed by atoms with Gasteiger partial charge in [0.25, 0.3) is 0 Å². The molecule has 124 valence electrons. The van der Waals surface area contributed by atoms with Gasteiger partial charge in [-0.2, -0.15) is 0 Å². The van der Waals surface area contributed by atoms with Crippen LogP contribution in [0.25, 0.3) is 0 Å². The first-order valence-corrected chi connectivity index (χ1v) is 8.16. The van der Waals surface area contributed by atoms with E-state index in [9.17, 15) is 17.4 Å². The second-order valence-corrected chi connectivity index (χ2v) is 8.65. The van der Waals surface area contributed by atoms with E-state index in [1.807, 2.05) is 0 Å². The molecule has 1 aliphatic rings. The quantitative estimate of drug-likeness (QED) is 0.840. The maximum absolute atomic E-state index is 14.8. The van der Waals surface area contributed by atoms with Crippen molar-refractivity contribution in [3.63, 3.8) is 0 Å². The van der Waals surface area contributed by atoms with Crippen LogP contribution in [0.15, 0.2) is 12.1 Å². The van der Waals surface area contributed by atoms with Crippen LogP contribution < -0.4 is 4.72 Å². The highest BCUT2D eigenvalue weighted by Gasteiger charge is 2.49. The molecule has 0 amide bonds. The fraction of sp³-hybridized carbons (Fsp3) is 0.571. The molecule has 1 N–H and O–H groups in total. The summed E-state index contributed by atoms with van der Waals surface area (Å²) >= 11 is 5.52. The van der Waals surface area contributed by atoms with Crippen LogP contribution in [0.1, 0.15) is 32.4 Å². The van der Waals surface area contributed by atoms with Gasteiger partial charge in [-0.15, -0.1) is 0 Å². The van der Waals surface area contributed by atoms with Crippen LogP contribution in [0.4, 0.5) is 13.2 Å². The molecule has 1 aromatic carbocycles. The topological polar surface area (TPSA) is 38.3 Å². The zero-order valence-corrected chi connectivity index (χ0v) is 14.0. The molecule has 3 nitrogen and oxygen atoms in total. The Morgan fingerprint density at radius 1 is 1.32 bits per heavy atom. The Balaban J connectivity index is 2.42. The molecule has 0 aliphatic carbocycles. The number of hydrogen-bond donors (Lipinski definition) is 1. The van der Waals surface area contributed by atoms with Gasteiger partial charge in [0.1, 0.15) is 11.6 Å². The Bertz CT molecular complexity index is 602. The van der Waals surface area contributed by atoms with Gasteiger partial charge in [0.15, 0.2) is 5.67 Å². The summed E-state index contributed by atoms with van der Waals surface area (Å²) in [5.74, 6) is -1.73. The average molecular weight is 356 g/mol. The molecule has 1 aromatic rings. The van der Waals surface area contributed by atoms with Gasteiger partial charge in [0, 0.05) is 5.56 Å². The normalized spacial score (nSPS) is 20.3. The van der Waals surface area contributed by atoms with Crippen LogP contribution in [-0.2, 0) is 15.7 Å². The van der Waals surface area contributed by atoms with E-state index in [4.69, 9.17) is 16.3 Å². The van der Waals surface area contributed by atoms with Crippen molar-refractivity contribution in [1.82, 2.24) is 4.72 Å². The van der Waals surface area contributed by atoms with Gasteiger partial charge in [0.05, 0.1) is 40.0 Å². The third-order valence-electron chi connectivity index (χ3n) is 3.33. The van der Waals surface area contributed by atoms with Gasteiger partial charge in [-0.05, 0) is 32.9 Å². The molecule has 2 rings (SSSR count). The molecule has 0 spiro atoms. The van der Waals surface area contributed by atoms with E-state index < -0.39 is 44.1 Å². The summed E-state index contributed by atoms with van der Waals surface area (Å²) in [6.45, 7) is 4.50. The Labute approximate surface area is 134 Å². The van der Waals surface area contributed by atoms with Crippen LogP contribution in [0.3, 0.4) is 0 Å². The van der Waals surface area contributed by atoms with Crippen molar-refractivity contribution in [1.29, 1.82) is 0 Å². The molecule has 8 heteroatoms. The molecule has 1 saturated heterocycles. The average Bonchev–Trinajstić information content (AvgIpc) is 2.36.